The minimum absolute atomic E-state index is 0.411. The van der Waals surface area contributed by atoms with Crippen LogP contribution in [0.25, 0.3) is 0 Å². The van der Waals surface area contributed by atoms with Crippen molar-refractivity contribution in [2.24, 2.45) is 0 Å². The molecule has 2 nitrogen and oxygen atoms in total. The van der Waals surface area contributed by atoms with Gasteiger partial charge in [0.15, 0.2) is 0 Å². The monoisotopic (exact) mass is 274 g/mol. The molecule has 0 aliphatic carbocycles. The molecule has 0 aromatic rings. The van der Waals surface area contributed by atoms with E-state index in [9.17, 15) is 0 Å². The molecule has 0 fully saturated rings. The summed E-state index contributed by atoms with van der Waals surface area (Å²) < 4.78 is 10.5. The molecule has 110 valence electrons. The van der Waals surface area contributed by atoms with Crippen molar-refractivity contribution in [1.29, 1.82) is 0 Å². The van der Waals surface area contributed by atoms with Crippen LogP contribution >= 0.6 is 0 Å². The normalized spacial score (nSPS) is 8.70. The lowest BCUT2D eigenvalue weighted by molar-refractivity contribution is 0.198. The Hall–Kier alpha value is -1.40. The third kappa shape index (κ3) is 16.6. The summed E-state index contributed by atoms with van der Waals surface area (Å²) in [6, 6.07) is 0. The van der Waals surface area contributed by atoms with Crippen LogP contribution in [0.1, 0.15) is 52.4 Å². The highest BCUT2D eigenvalue weighted by Crippen LogP contribution is 1.90. The second kappa shape index (κ2) is 17.6. The van der Waals surface area contributed by atoms with E-state index in [0.29, 0.717) is 26.4 Å². The molecule has 0 aliphatic rings. The summed E-state index contributed by atoms with van der Waals surface area (Å²) in [4.78, 5) is 0. The number of unbranched alkanes of at least 4 members (excludes halogenated alkanes) is 4. The predicted octanol–water partition coefficient (Wildman–Crippen LogP) is 3.41. The lowest BCUT2D eigenvalue weighted by atomic mass is 10.2. The zero-order valence-corrected chi connectivity index (χ0v) is 12.9. The van der Waals surface area contributed by atoms with Gasteiger partial charge in [0.25, 0.3) is 0 Å². The minimum Gasteiger partial charge on any atom is -0.356 e. The van der Waals surface area contributed by atoms with Crippen LogP contribution in [0.5, 0.6) is 0 Å². The highest BCUT2D eigenvalue weighted by Gasteiger charge is 1.81. The topological polar surface area (TPSA) is 18.5 Å². The van der Waals surface area contributed by atoms with E-state index in [1.807, 2.05) is 0 Å². The Kier molecular flexibility index (Phi) is 16.4. The van der Waals surface area contributed by atoms with Crippen LogP contribution < -0.4 is 0 Å². The fourth-order valence-corrected chi connectivity index (χ4v) is 1.22. The summed E-state index contributed by atoms with van der Waals surface area (Å²) in [7, 11) is 0. The molecule has 2 heteroatoms. The van der Waals surface area contributed by atoms with E-state index in [1.165, 1.54) is 12.8 Å². The van der Waals surface area contributed by atoms with Gasteiger partial charge in [-0.1, -0.05) is 50.4 Å². The zero-order chi connectivity index (χ0) is 14.7. The van der Waals surface area contributed by atoms with Crippen LogP contribution in [0.4, 0.5) is 0 Å². The quantitative estimate of drug-likeness (QED) is 0.499. The summed E-state index contributed by atoms with van der Waals surface area (Å²) in [5.74, 6) is 17.8. The van der Waals surface area contributed by atoms with Gasteiger partial charge in [0.2, 0.25) is 0 Å². The maximum absolute atomic E-state index is 5.26. The lowest BCUT2D eigenvalue weighted by Gasteiger charge is -1.92. The van der Waals surface area contributed by atoms with Gasteiger partial charge in [0.1, 0.15) is 26.4 Å². The fraction of sp³-hybridized carbons (Fsp3) is 0.667. The van der Waals surface area contributed by atoms with E-state index >= 15 is 0 Å². The smallest absolute Gasteiger partial charge is 0.109 e. The molecule has 0 bridgehead atoms. The summed E-state index contributed by atoms with van der Waals surface area (Å²) in [5, 5.41) is 0. The van der Waals surface area contributed by atoms with Crippen molar-refractivity contribution in [1.82, 2.24) is 0 Å². The summed E-state index contributed by atoms with van der Waals surface area (Å²) in [5.41, 5.74) is 0. The molecule has 20 heavy (non-hydrogen) atoms. The highest BCUT2D eigenvalue weighted by molar-refractivity contribution is 5.03. The molecule has 0 rings (SSSR count). The first-order valence-corrected chi connectivity index (χ1v) is 7.44. The standard InChI is InChI=1S/C18H26O2/c1-3-5-7-9-11-15-19-17-13-14-18-20-16-12-10-8-6-4-2/h3-8,15-18H2,1-2H3. The second-order valence-corrected chi connectivity index (χ2v) is 4.25. The summed E-state index contributed by atoms with van der Waals surface area (Å²) in [6.07, 6.45) is 6.60. The van der Waals surface area contributed by atoms with Crippen molar-refractivity contribution in [3.8, 4) is 35.5 Å². The van der Waals surface area contributed by atoms with E-state index in [4.69, 9.17) is 9.47 Å². The molecule has 0 amide bonds. The lowest BCUT2D eigenvalue weighted by Crippen LogP contribution is -1.94. The van der Waals surface area contributed by atoms with Crippen molar-refractivity contribution < 1.29 is 9.47 Å². The first-order valence-electron chi connectivity index (χ1n) is 7.44. The molecular weight excluding hydrogens is 248 g/mol. The van der Waals surface area contributed by atoms with Crippen molar-refractivity contribution in [3.63, 3.8) is 0 Å². The van der Waals surface area contributed by atoms with Crippen LogP contribution in [0.15, 0.2) is 0 Å². The Morgan fingerprint density at radius 2 is 0.900 bits per heavy atom. The largest absolute Gasteiger partial charge is 0.356 e. The molecule has 0 radical (unpaired) electrons. The van der Waals surface area contributed by atoms with Gasteiger partial charge in [-0.2, -0.15) is 0 Å². The highest BCUT2D eigenvalue weighted by atomic mass is 16.5. The van der Waals surface area contributed by atoms with E-state index in [0.717, 1.165) is 25.7 Å². The number of hydrogen-bond acceptors (Lipinski definition) is 2. The van der Waals surface area contributed by atoms with Crippen molar-refractivity contribution in [2.75, 3.05) is 26.4 Å². The van der Waals surface area contributed by atoms with Gasteiger partial charge in [-0.25, -0.2) is 0 Å². The molecule has 0 heterocycles. The second-order valence-electron chi connectivity index (χ2n) is 4.25. The molecule has 0 saturated carbocycles. The van der Waals surface area contributed by atoms with Crippen LogP contribution in [0, 0.1) is 35.5 Å². The molecule has 0 aromatic heterocycles. The summed E-state index contributed by atoms with van der Waals surface area (Å²) in [6.45, 7) is 6.06. The Bertz CT molecular complexity index is 343. The minimum atomic E-state index is 0.411. The number of hydrogen-bond donors (Lipinski definition) is 0. The van der Waals surface area contributed by atoms with E-state index in [1.54, 1.807) is 0 Å². The number of rotatable bonds is 8. The van der Waals surface area contributed by atoms with Crippen LogP contribution in [0.2, 0.25) is 0 Å². The van der Waals surface area contributed by atoms with Gasteiger partial charge in [0.05, 0.1) is 0 Å². The van der Waals surface area contributed by atoms with E-state index < -0.39 is 0 Å². The SMILES string of the molecule is CCCCC#CCOCC#CCOCC#CCCCC. The molecular formula is C18H26O2. The van der Waals surface area contributed by atoms with Gasteiger partial charge in [-0.15, -0.1) is 11.8 Å². The average Bonchev–Trinajstić information content (AvgIpc) is 2.47. The fourth-order valence-electron chi connectivity index (χ4n) is 1.22. The molecule has 0 aromatic carbocycles. The molecule has 0 unspecified atom stereocenters. The maximum atomic E-state index is 5.26. The van der Waals surface area contributed by atoms with Crippen LogP contribution in [0.3, 0.4) is 0 Å². The van der Waals surface area contributed by atoms with Crippen molar-refractivity contribution >= 4 is 0 Å². The zero-order valence-electron chi connectivity index (χ0n) is 12.9. The van der Waals surface area contributed by atoms with Crippen LogP contribution in [-0.2, 0) is 9.47 Å². The average molecular weight is 274 g/mol. The molecule has 0 atom stereocenters. The number of ether oxygens (including phenoxy) is 2. The van der Waals surface area contributed by atoms with Crippen LogP contribution in [-0.4, -0.2) is 26.4 Å². The molecule has 0 N–H and O–H groups in total. The summed E-state index contributed by atoms with van der Waals surface area (Å²) >= 11 is 0. The van der Waals surface area contributed by atoms with Gasteiger partial charge in [-0.05, 0) is 12.8 Å². The predicted molar refractivity (Wildman–Crippen MR) is 84.0 cm³/mol. The molecule has 0 aliphatic heterocycles. The first kappa shape index (κ1) is 18.6. The van der Waals surface area contributed by atoms with E-state index in [-0.39, 0.29) is 0 Å². The van der Waals surface area contributed by atoms with Crippen molar-refractivity contribution in [2.45, 2.75) is 52.4 Å². The third-order valence-electron chi connectivity index (χ3n) is 2.38. The van der Waals surface area contributed by atoms with Gasteiger partial charge >= 0.3 is 0 Å². The molecule has 0 spiro atoms. The Labute approximate surface area is 124 Å². The van der Waals surface area contributed by atoms with Crippen molar-refractivity contribution in [3.05, 3.63) is 0 Å². The van der Waals surface area contributed by atoms with Gasteiger partial charge in [-0.3, -0.25) is 0 Å². The Morgan fingerprint density at radius 1 is 0.550 bits per heavy atom. The van der Waals surface area contributed by atoms with Gasteiger partial charge in [0, 0.05) is 12.8 Å². The molecule has 0 saturated heterocycles. The van der Waals surface area contributed by atoms with E-state index in [2.05, 4.69) is 49.4 Å². The van der Waals surface area contributed by atoms with Gasteiger partial charge < -0.3 is 9.47 Å². The maximum Gasteiger partial charge on any atom is 0.109 e. The Morgan fingerprint density at radius 3 is 1.25 bits per heavy atom. The third-order valence-corrected chi connectivity index (χ3v) is 2.38. The Balaban J connectivity index is 3.31. The first-order chi connectivity index (χ1) is 9.91.